The summed E-state index contributed by atoms with van der Waals surface area (Å²) in [5.74, 6) is -0.742. The van der Waals surface area contributed by atoms with E-state index in [0.717, 1.165) is 6.07 Å². The second-order valence-electron chi connectivity index (χ2n) is 5.31. The van der Waals surface area contributed by atoms with Crippen LogP contribution in [0.15, 0.2) is 72.8 Å². The first-order valence-corrected chi connectivity index (χ1v) is 7.48. The lowest BCUT2D eigenvalue weighted by Crippen LogP contribution is -2.04. The average molecular weight is 334 g/mol. The molecule has 3 aromatic carbocycles. The van der Waals surface area contributed by atoms with E-state index >= 15 is 0 Å². The van der Waals surface area contributed by atoms with Crippen molar-refractivity contribution in [2.24, 2.45) is 0 Å². The van der Waals surface area contributed by atoms with Crippen molar-refractivity contribution in [3.05, 3.63) is 89.5 Å². The average Bonchev–Trinajstić information content (AvgIpc) is 2.63. The van der Waals surface area contributed by atoms with E-state index < -0.39 is 5.97 Å². The molecule has 0 unspecified atom stereocenters. The molecule has 0 atom stereocenters. The van der Waals surface area contributed by atoms with Gasteiger partial charge in [-0.25, -0.2) is 4.79 Å². The highest BCUT2D eigenvalue weighted by atomic mass is 16.5. The molecule has 0 aliphatic rings. The van der Waals surface area contributed by atoms with Gasteiger partial charge in [-0.3, -0.25) is 4.79 Å². The Bertz CT molecular complexity index is 915. The first-order chi connectivity index (χ1) is 12.0. The van der Waals surface area contributed by atoms with Crippen LogP contribution in [0.1, 0.15) is 26.3 Å². The van der Waals surface area contributed by atoms with Crippen molar-refractivity contribution in [1.82, 2.24) is 0 Å². The number of ketones is 1. The van der Waals surface area contributed by atoms with Crippen molar-refractivity contribution in [2.75, 3.05) is 0 Å². The summed E-state index contributed by atoms with van der Waals surface area (Å²) in [5.41, 5.74) is 0.268. The van der Waals surface area contributed by atoms with Crippen molar-refractivity contribution in [1.29, 1.82) is 0 Å². The highest BCUT2D eigenvalue weighted by Crippen LogP contribution is 2.24. The maximum absolute atomic E-state index is 12.5. The minimum absolute atomic E-state index is 0.187. The molecule has 0 aliphatic heterocycles. The number of carboxylic acids is 1. The number of ether oxygens (including phenoxy) is 1. The standard InChI is InChI=1S/C20H14O5/c21-18-11-8-14(12-17(18)20(23)24)19(22)13-6-9-16(10-7-13)25-15-4-2-1-3-5-15/h1-12,21H,(H,23,24). The molecular weight excluding hydrogens is 320 g/mol. The molecule has 0 aliphatic carbocycles. The van der Waals surface area contributed by atoms with Crippen molar-refractivity contribution >= 4 is 11.8 Å². The predicted octanol–water partition coefficient (Wildman–Crippen LogP) is 4.11. The fraction of sp³-hybridized carbons (Fsp3) is 0. The lowest BCUT2D eigenvalue weighted by atomic mass is 10.0. The lowest BCUT2D eigenvalue weighted by Gasteiger charge is -2.07. The van der Waals surface area contributed by atoms with Crippen LogP contribution in [0.3, 0.4) is 0 Å². The van der Waals surface area contributed by atoms with Gasteiger partial charge in [-0.05, 0) is 54.6 Å². The zero-order valence-electron chi connectivity index (χ0n) is 13.0. The van der Waals surface area contributed by atoms with E-state index in [-0.39, 0.29) is 22.7 Å². The molecule has 0 spiro atoms. The molecule has 25 heavy (non-hydrogen) atoms. The summed E-state index contributed by atoms with van der Waals surface area (Å²) in [7, 11) is 0. The third-order valence-corrected chi connectivity index (χ3v) is 3.58. The number of hydrogen-bond acceptors (Lipinski definition) is 4. The second kappa shape index (κ2) is 6.88. The van der Waals surface area contributed by atoms with Gasteiger partial charge in [0.2, 0.25) is 0 Å². The Morgan fingerprint density at radius 1 is 0.760 bits per heavy atom. The molecule has 0 aromatic heterocycles. The largest absolute Gasteiger partial charge is 0.507 e. The molecular formula is C20H14O5. The van der Waals surface area contributed by atoms with Crippen molar-refractivity contribution in [3.8, 4) is 17.2 Å². The van der Waals surface area contributed by atoms with Crippen molar-refractivity contribution in [2.45, 2.75) is 0 Å². The van der Waals surface area contributed by atoms with Gasteiger partial charge >= 0.3 is 5.97 Å². The van der Waals surface area contributed by atoms with Gasteiger partial charge in [-0.2, -0.15) is 0 Å². The van der Waals surface area contributed by atoms with Gasteiger partial charge in [0.25, 0.3) is 0 Å². The smallest absolute Gasteiger partial charge is 0.339 e. The van der Waals surface area contributed by atoms with Crippen LogP contribution in [0.2, 0.25) is 0 Å². The lowest BCUT2D eigenvalue weighted by molar-refractivity contribution is 0.0693. The van der Waals surface area contributed by atoms with Crippen LogP contribution in [0.5, 0.6) is 17.2 Å². The van der Waals surface area contributed by atoms with E-state index in [1.165, 1.54) is 12.1 Å². The number of phenols is 1. The minimum atomic E-state index is -1.29. The number of carboxylic acid groups (broad SMARTS) is 1. The summed E-state index contributed by atoms with van der Waals surface area (Å²) in [6.07, 6.45) is 0. The minimum Gasteiger partial charge on any atom is -0.507 e. The van der Waals surface area contributed by atoms with Crippen LogP contribution < -0.4 is 4.74 Å². The Morgan fingerprint density at radius 3 is 2.00 bits per heavy atom. The van der Waals surface area contributed by atoms with Gasteiger partial charge in [-0.15, -0.1) is 0 Å². The Labute approximate surface area is 143 Å². The first kappa shape index (κ1) is 16.3. The van der Waals surface area contributed by atoms with Crippen LogP contribution in [0.25, 0.3) is 0 Å². The van der Waals surface area contributed by atoms with Gasteiger partial charge in [0.15, 0.2) is 5.78 Å². The molecule has 0 amide bonds. The molecule has 0 saturated carbocycles. The first-order valence-electron chi connectivity index (χ1n) is 7.48. The number of carbonyl (C=O) groups excluding carboxylic acids is 1. The molecule has 124 valence electrons. The Kier molecular flexibility index (Phi) is 4.48. The highest BCUT2D eigenvalue weighted by molar-refractivity contribution is 6.10. The van der Waals surface area contributed by atoms with E-state index in [1.807, 2.05) is 30.3 Å². The number of aromatic carboxylic acids is 1. The summed E-state index contributed by atoms with van der Waals surface area (Å²) in [6, 6.07) is 19.5. The van der Waals surface area contributed by atoms with Crippen LogP contribution in [-0.2, 0) is 0 Å². The SMILES string of the molecule is O=C(c1ccc(Oc2ccccc2)cc1)c1ccc(O)c(C(=O)O)c1. The molecule has 3 aromatic rings. The van der Waals surface area contributed by atoms with E-state index in [9.17, 15) is 14.7 Å². The van der Waals surface area contributed by atoms with Gasteiger partial charge in [0, 0.05) is 11.1 Å². The number of benzene rings is 3. The Hall–Kier alpha value is -3.60. The van der Waals surface area contributed by atoms with Crippen LogP contribution in [0.4, 0.5) is 0 Å². The molecule has 3 rings (SSSR count). The molecule has 0 radical (unpaired) electrons. The van der Waals surface area contributed by atoms with Crippen molar-refractivity contribution < 1.29 is 24.5 Å². The van der Waals surface area contributed by atoms with Crippen LogP contribution >= 0.6 is 0 Å². The molecule has 5 nitrogen and oxygen atoms in total. The van der Waals surface area contributed by atoms with Gasteiger partial charge in [-0.1, -0.05) is 18.2 Å². The van der Waals surface area contributed by atoms with Gasteiger partial charge in [0.05, 0.1) is 0 Å². The zero-order valence-corrected chi connectivity index (χ0v) is 13.0. The van der Waals surface area contributed by atoms with Crippen molar-refractivity contribution in [3.63, 3.8) is 0 Å². The summed E-state index contributed by atoms with van der Waals surface area (Å²) in [6.45, 7) is 0. The second-order valence-corrected chi connectivity index (χ2v) is 5.31. The quantitative estimate of drug-likeness (QED) is 0.686. The number of carbonyl (C=O) groups is 2. The molecule has 2 N–H and O–H groups in total. The third kappa shape index (κ3) is 3.67. The molecule has 0 fully saturated rings. The summed E-state index contributed by atoms with van der Waals surface area (Å²) >= 11 is 0. The normalized spacial score (nSPS) is 10.2. The zero-order chi connectivity index (χ0) is 17.8. The Morgan fingerprint density at radius 2 is 1.36 bits per heavy atom. The molecule has 0 heterocycles. The van der Waals surface area contributed by atoms with Crippen LogP contribution in [-0.4, -0.2) is 22.0 Å². The number of aromatic hydroxyl groups is 1. The van der Waals surface area contributed by atoms with E-state index in [1.54, 1.807) is 24.3 Å². The Balaban J connectivity index is 1.81. The highest BCUT2D eigenvalue weighted by Gasteiger charge is 2.15. The number of hydrogen-bond donors (Lipinski definition) is 2. The van der Waals surface area contributed by atoms with Gasteiger partial charge < -0.3 is 14.9 Å². The van der Waals surface area contributed by atoms with E-state index in [4.69, 9.17) is 9.84 Å². The van der Waals surface area contributed by atoms with Crippen LogP contribution in [0, 0.1) is 0 Å². The molecule has 5 heteroatoms. The summed E-state index contributed by atoms with van der Waals surface area (Å²) in [5, 5.41) is 18.6. The fourth-order valence-electron chi connectivity index (χ4n) is 2.31. The summed E-state index contributed by atoms with van der Waals surface area (Å²) in [4.78, 5) is 23.6. The number of para-hydroxylation sites is 1. The molecule has 0 saturated heterocycles. The molecule has 0 bridgehead atoms. The maximum atomic E-state index is 12.5. The number of rotatable bonds is 5. The summed E-state index contributed by atoms with van der Waals surface area (Å²) < 4.78 is 5.66. The van der Waals surface area contributed by atoms with E-state index in [0.29, 0.717) is 17.1 Å². The third-order valence-electron chi connectivity index (χ3n) is 3.58. The monoisotopic (exact) mass is 334 g/mol. The predicted molar refractivity (Wildman–Crippen MR) is 91.5 cm³/mol. The van der Waals surface area contributed by atoms with E-state index in [2.05, 4.69) is 0 Å². The van der Waals surface area contributed by atoms with Gasteiger partial charge in [0.1, 0.15) is 22.8 Å². The topological polar surface area (TPSA) is 83.8 Å². The fourth-order valence-corrected chi connectivity index (χ4v) is 2.31. The maximum Gasteiger partial charge on any atom is 0.339 e.